The van der Waals surface area contributed by atoms with Gasteiger partial charge in [-0.25, -0.2) is 0 Å². The van der Waals surface area contributed by atoms with E-state index in [1.807, 2.05) is 0 Å². The summed E-state index contributed by atoms with van der Waals surface area (Å²) in [5.74, 6) is 0.640. The fraction of sp³-hybridized carbons (Fsp3) is 0.294. The van der Waals surface area contributed by atoms with Crippen molar-refractivity contribution in [2.45, 2.75) is 12.6 Å². The molecule has 0 bridgehead atoms. The maximum absolute atomic E-state index is 12.1. The Kier molecular flexibility index (Phi) is 7.11. The van der Waals surface area contributed by atoms with Crippen molar-refractivity contribution >= 4 is 23.2 Å². The van der Waals surface area contributed by atoms with Crippen molar-refractivity contribution in [3.8, 4) is 23.0 Å². The topological polar surface area (TPSA) is 47.9 Å². The highest BCUT2D eigenvalue weighted by Gasteiger charge is 2.28. The third-order valence-electron chi connectivity index (χ3n) is 2.99. The van der Waals surface area contributed by atoms with Crippen LogP contribution >= 0.6 is 23.2 Å². The molecule has 2 rings (SSSR count). The Hall–Kier alpha value is -1.99. The van der Waals surface area contributed by atoms with Crippen LogP contribution < -0.4 is 14.2 Å². The fourth-order valence-corrected chi connectivity index (χ4v) is 2.51. The number of aromatic hydroxyl groups is 1. The summed E-state index contributed by atoms with van der Waals surface area (Å²) in [6.07, 6.45) is -3.92. The molecule has 0 aliphatic rings. The highest BCUT2D eigenvalue weighted by molar-refractivity contribution is 6.37. The number of phenolic OH excluding ortho intramolecular Hbond substituents is 1. The van der Waals surface area contributed by atoms with Gasteiger partial charge in [-0.2, -0.15) is 13.2 Å². The standard InChI is InChI=1S/C17H15Cl2F3O4/c18-14-7-11(23)8-15(19)16(14)25-6-2-5-24-12-3-1-4-13(9-12)26-10-17(20,21)22/h1,3-4,7-9,23H,2,5-6,10H2. The SMILES string of the molecule is Oc1cc(Cl)c(OCCCOc2cccc(OCC(F)(F)F)c2)c(Cl)c1. The molecule has 0 radical (unpaired) electrons. The predicted molar refractivity (Wildman–Crippen MR) is 91.7 cm³/mol. The summed E-state index contributed by atoms with van der Waals surface area (Å²) in [6.45, 7) is -0.858. The molecule has 0 atom stereocenters. The van der Waals surface area contributed by atoms with Crippen LogP contribution in [0.25, 0.3) is 0 Å². The molecule has 2 aromatic carbocycles. The van der Waals surface area contributed by atoms with Gasteiger partial charge in [-0.05, 0) is 12.1 Å². The van der Waals surface area contributed by atoms with Gasteiger partial charge in [0.15, 0.2) is 12.4 Å². The third kappa shape index (κ3) is 6.72. The number of phenols is 1. The zero-order valence-corrected chi connectivity index (χ0v) is 14.9. The molecular formula is C17H15Cl2F3O4. The molecule has 0 spiro atoms. The molecule has 142 valence electrons. The number of alkyl halides is 3. The van der Waals surface area contributed by atoms with Crippen molar-refractivity contribution in [1.82, 2.24) is 0 Å². The number of rotatable bonds is 8. The zero-order valence-electron chi connectivity index (χ0n) is 13.4. The second kappa shape index (κ2) is 9.09. The second-order valence-electron chi connectivity index (χ2n) is 5.17. The van der Waals surface area contributed by atoms with E-state index in [9.17, 15) is 18.3 Å². The molecule has 4 nitrogen and oxygen atoms in total. The van der Waals surface area contributed by atoms with E-state index in [-0.39, 0.29) is 40.5 Å². The normalized spacial score (nSPS) is 11.3. The number of benzene rings is 2. The number of hydrogen-bond acceptors (Lipinski definition) is 4. The summed E-state index contributed by atoms with van der Waals surface area (Å²) >= 11 is 11.9. The van der Waals surface area contributed by atoms with Gasteiger partial charge in [0, 0.05) is 24.6 Å². The van der Waals surface area contributed by atoms with Gasteiger partial charge in [-0.15, -0.1) is 0 Å². The van der Waals surface area contributed by atoms with Crippen LogP contribution in [0.2, 0.25) is 10.0 Å². The molecule has 0 aliphatic carbocycles. The van der Waals surface area contributed by atoms with E-state index in [4.69, 9.17) is 32.7 Å². The molecule has 0 heterocycles. The lowest BCUT2D eigenvalue weighted by molar-refractivity contribution is -0.153. The van der Waals surface area contributed by atoms with E-state index in [0.717, 1.165) is 0 Å². The van der Waals surface area contributed by atoms with E-state index in [2.05, 4.69) is 4.74 Å². The van der Waals surface area contributed by atoms with Gasteiger partial charge in [0.25, 0.3) is 0 Å². The maximum Gasteiger partial charge on any atom is 0.422 e. The van der Waals surface area contributed by atoms with E-state index in [1.165, 1.54) is 30.3 Å². The van der Waals surface area contributed by atoms with Crippen LogP contribution in [-0.4, -0.2) is 31.1 Å². The first kappa shape index (κ1) is 20.3. The summed E-state index contributed by atoms with van der Waals surface area (Å²) in [5, 5.41) is 9.71. The summed E-state index contributed by atoms with van der Waals surface area (Å²) < 4.78 is 52.0. The first-order valence-corrected chi connectivity index (χ1v) is 8.23. The summed E-state index contributed by atoms with van der Waals surface area (Å²) in [5.41, 5.74) is 0. The van der Waals surface area contributed by atoms with Gasteiger partial charge < -0.3 is 19.3 Å². The lowest BCUT2D eigenvalue weighted by atomic mass is 10.3. The second-order valence-corrected chi connectivity index (χ2v) is 5.98. The predicted octanol–water partition coefficient (Wildman–Crippen LogP) is 5.49. The molecule has 26 heavy (non-hydrogen) atoms. The van der Waals surface area contributed by atoms with Crippen LogP contribution in [0.15, 0.2) is 36.4 Å². The summed E-state index contributed by atoms with van der Waals surface area (Å²) in [4.78, 5) is 0. The van der Waals surface area contributed by atoms with Gasteiger partial charge >= 0.3 is 6.18 Å². The Morgan fingerprint density at radius 2 is 1.46 bits per heavy atom. The molecule has 0 amide bonds. The van der Waals surface area contributed by atoms with E-state index < -0.39 is 12.8 Å². The van der Waals surface area contributed by atoms with Crippen LogP contribution in [0.4, 0.5) is 13.2 Å². The van der Waals surface area contributed by atoms with Crippen LogP contribution in [-0.2, 0) is 0 Å². The first-order valence-electron chi connectivity index (χ1n) is 7.48. The molecular weight excluding hydrogens is 396 g/mol. The minimum absolute atomic E-state index is 0.0664. The molecule has 0 fully saturated rings. The van der Waals surface area contributed by atoms with Crippen molar-refractivity contribution in [2.75, 3.05) is 19.8 Å². The Balaban J connectivity index is 1.76. The molecule has 2 aromatic rings. The van der Waals surface area contributed by atoms with E-state index in [1.54, 1.807) is 6.07 Å². The van der Waals surface area contributed by atoms with E-state index in [0.29, 0.717) is 12.2 Å². The summed E-state index contributed by atoms with van der Waals surface area (Å²) in [7, 11) is 0. The molecule has 0 saturated heterocycles. The highest BCUT2D eigenvalue weighted by Crippen LogP contribution is 2.36. The number of hydrogen-bond donors (Lipinski definition) is 1. The van der Waals surface area contributed by atoms with Crippen LogP contribution in [0.5, 0.6) is 23.0 Å². The maximum atomic E-state index is 12.1. The first-order chi connectivity index (χ1) is 12.2. The van der Waals surface area contributed by atoms with E-state index >= 15 is 0 Å². The Morgan fingerprint density at radius 1 is 0.885 bits per heavy atom. The minimum atomic E-state index is -4.40. The quantitative estimate of drug-likeness (QED) is 0.584. The number of ether oxygens (including phenoxy) is 3. The lowest BCUT2D eigenvalue weighted by Crippen LogP contribution is -2.19. The Morgan fingerprint density at radius 3 is 2.08 bits per heavy atom. The Bertz CT molecular complexity index is 715. The minimum Gasteiger partial charge on any atom is -0.508 e. The average molecular weight is 411 g/mol. The lowest BCUT2D eigenvalue weighted by Gasteiger charge is -2.12. The van der Waals surface area contributed by atoms with Crippen molar-refractivity contribution in [3.63, 3.8) is 0 Å². The van der Waals surface area contributed by atoms with Crippen LogP contribution in [0.3, 0.4) is 0 Å². The van der Waals surface area contributed by atoms with Gasteiger partial charge in [-0.3, -0.25) is 0 Å². The van der Waals surface area contributed by atoms with Crippen molar-refractivity contribution in [3.05, 3.63) is 46.4 Å². The zero-order chi connectivity index (χ0) is 19.2. The van der Waals surface area contributed by atoms with Crippen LogP contribution in [0, 0.1) is 0 Å². The molecule has 0 unspecified atom stereocenters. The van der Waals surface area contributed by atoms with Crippen molar-refractivity contribution in [2.24, 2.45) is 0 Å². The molecule has 0 aliphatic heterocycles. The molecule has 9 heteroatoms. The largest absolute Gasteiger partial charge is 0.508 e. The highest BCUT2D eigenvalue weighted by atomic mass is 35.5. The number of halogens is 5. The third-order valence-corrected chi connectivity index (χ3v) is 3.56. The van der Waals surface area contributed by atoms with Gasteiger partial charge in [0.2, 0.25) is 0 Å². The summed E-state index contributed by atoms with van der Waals surface area (Å²) in [6, 6.07) is 8.55. The average Bonchev–Trinajstić information content (AvgIpc) is 2.54. The van der Waals surface area contributed by atoms with Gasteiger partial charge in [0.1, 0.15) is 17.2 Å². The van der Waals surface area contributed by atoms with Crippen LogP contribution in [0.1, 0.15) is 6.42 Å². The molecule has 1 N–H and O–H groups in total. The van der Waals surface area contributed by atoms with Crippen molar-refractivity contribution < 1.29 is 32.5 Å². The Labute approximate surface area is 158 Å². The smallest absolute Gasteiger partial charge is 0.422 e. The van der Waals surface area contributed by atoms with Gasteiger partial charge in [0.05, 0.1) is 23.3 Å². The van der Waals surface area contributed by atoms with Gasteiger partial charge in [-0.1, -0.05) is 29.3 Å². The molecule has 0 saturated carbocycles. The van der Waals surface area contributed by atoms with Crippen molar-refractivity contribution in [1.29, 1.82) is 0 Å². The fourth-order valence-electron chi connectivity index (χ4n) is 1.93. The molecule has 0 aromatic heterocycles. The monoisotopic (exact) mass is 410 g/mol.